The van der Waals surface area contributed by atoms with Gasteiger partial charge in [-0.15, -0.1) is 0 Å². The second-order valence-electron chi connectivity index (χ2n) is 18.9. The van der Waals surface area contributed by atoms with Crippen LogP contribution >= 0.6 is 0 Å². The lowest BCUT2D eigenvalue weighted by molar-refractivity contribution is -0.133. The summed E-state index contributed by atoms with van der Waals surface area (Å²) < 4.78 is 5.95. The fourth-order valence-corrected chi connectivity index (χ4v) is 10.8. The summed E-state index contributed by atoms with van der Waals surface area (Å²) in [5, 5.41) is 9.24. The minimum Gasteiger partial charge on any atom is -0.448 e. The molecular formula is C55H56N6O7. The van der Waals surface area contributed by atoms with Crippen LogP contribution in [0.25, 0.3) is 11.1 Å². The van der Waals surface area contributed by atoms with Crippen molar-refractivity contribution in [2.24, 2.45) is 17.8 Å². The van der Waals surface area contributed by atoms with Gasteiger partial charge >= 0.3 is 6.09 Å². The van der Waals surface area contributed by atoms with Crippen LogP contribution in [0.5, 0.6) is 0 Å². The number of carbonyl (C=O) groups is 6. The van der Waals surface area contributed by atoms with Gasteiger partial charge in [0.2, 0.25) is 17.7 Å². The Morgan fingerprint density at radius 2 is 1.00 bits per heavy atom. The summed E-state index contributed by atoms with van der Waals surface area (Å²) in [6.45, 7) is 2.66. The Hall–Kier alpha value is -7.28. The quantitative estimate of drug-likeness (QED) is 0.128. The van der Waals surface area contributed by atoms with E-state index in [1.807, 2.05) is 67.6 Å². The van der Waals surface area contributed by atoms with E-state index in [1.165, 1.54) is 4.90 Å². The zero-order valence-electron chi connectivity index (χ0n) is 38.3. The molecule has 10 rings (SSSR count). The van der Waals surface area contributed by atoms with Gasteiger partial charge in [0.05, 0.1) is 23.8 Å². The molecule has 3 aliphatic carbocycles. The second kappa shape index (κ2) is 18.8. The number of amides is 6. The van der Waals surface area contributed by atoms with Crippen molar-refractivity contribution in [2.45, 2.75) is 55.6 Å². The van der Waals surface area contributed by atoms with Crippen molar-refractivity contribution in [1.82, 2.24) is 30.7 Å². The van der Waals surface area contributed by atoms with Crippen LogP contribution in [-0.2, 0) is 19.1 Å². The van der Waals surface area contributed by atoms with Crippen LogP contribution in [0.4, 0.5) is 4.79 Å². The molecule has 8 atom stereocenters. The Labute approximate surface area is 396 Å². The van der Waals surface area contributed by atoms with Crippen LogP contribution in [-0.4, -0.2) is 115 Å². The van der Waals surface area contributed by atoms with Crippen LogP contribution in [0.3, 0.4) is 0 Å². The highest BCUT2D eigenvalue weighted by atomic mass is 16.6. The van der Waals surface area contributed by atoms with E-state index in [9.17, 15) is 28.8 Å². The fraction of sp³-hybridized carbons (Fsp3) is 0.345. The predicted octanol–water partition coefficient (Wildman–Crippen LogP) is 6.18. The van der Waals surface area contributed by atoms with Crippen molar-refractivity contribution in [1.29, 1.82) is 0 Å². The summed E-state index contributed by atoms with van der Waals surface area (Å²) in [6.07, 6.45) is 1.04. The van der Waals surface area contributed by atoms with Gasteiger partial charge in [0.1, 0.15) is 6.61 Å². The molecule has 5 aromatic carbocycles. The minimum absolute atomic E-state index is 0.0372. The largest absolute Gasteiger partial charge is 0.448 e. The summed E-state index contributed by atoms with van der Waals surface area (Å²) in [6, 6.07) is 41.9. The molecule has 0 spiro atoms. The van der Waals surface area contributed by atoms with E-state index >= 15 is 0 Å². The summed E-state index contributed by atoms with van der Waals surface area (Å²) in [5.41, 5.74) is 7.35. The Morgan fingerprint density at radius 1 is 0.559 bits per heavy atom. The molecule has 13 heteroatoms. The van der Waals surface area contributed by atoms with Gasteiger partial charge in [-0.1, -0.05) is 109 Å². The number of benzene rings is 5. The number of likely N-dealkylation sites (tertiary alicyclic amines) is 2. The number of carbonyl (C=O) groups excluding carboxylic acids is 6. The molecule has 2 saturated carbocycles. The molecule has 6 amide bonds. The van der Waals surface area contributed by atoms with Crippen molar-refractivity contribution < 1.29 is 33.5 Å². The number of nitrogens with zero attached hydrogens (tertiary/aromatic N) is 3. The van der Waals surface area contributed by atoms with Crippen LogP contribution in [0.2, 0.25) is 0 Å². The maximum absolute atomic E-state index is 14.2. The number of hydrogen-bond donors (Lipinski definition) is 3. The molecule has 4 fully saturated rings. The molecule has 5 aliphatic rings. The SMILES string of the molecule is CCNC(=O)[C@@H]1CN(C(=O)c2ccc(C(=O)N3C[C@@H](C(=O)N[C@H]4C[C@@H]4c4ccccc4)[C@H](C(=O)N[C@H]4C[C@@H]4c4ccccc4)C3)cc2)C[C@H]1N(C)C(=O)OCC1c2ccccc2-c2ccccc21. The molecule has 3 N–H and O–H groups in total. The molecule has 0 radical (unpaired) electrons. The molecule has 68 heavy (non-hydrogen) atoms. The molecule has 2 aliphatic heterocycles. The van der Waals surface area contributed by atoms with Gasteiger partial charge in [-0.25, -0.2) is 4.79 Å². The summed E-state index contributed by atoms with van der Waals surface area (Å²) >= 11 is 0. The number of nitrogens with one attached hydrogen (secondary N) is 3. The highest BCUT2D eigenvalue weighted by Gasteiger charge is 2.49. The lowest BCUT2D eigenvalue weighted by atomic mass is 9.94. The average molecular weight is 913 g/mol. The molecule has 348 valence electrons. The highest BCUT2D eigenvalue weighted by Crippen LogP contribution is 2.45. The van der Waals surface area contributed by atoms with Crippen LogP contribution < -0.4 is 16.0 Å². The Morgan fingerprint density at radius 3 is 1.49 bits per heavy atom. The second-order valence-corrected chi connectivity index (χ2v) is 18.9. The van der Waals surface area contributed by atoms with Crippen molar-refractivity contribution in [3.8, 4) is 11.1 Å². The highest BCUT2D eigenvalue weighted by molar-refractivity contribution is 5.99. The predicted molar refractivity (Wildman–Crippen MR) is 255 cm³/mol. The van der Waals surface area contributed by atoms with E-state index in [2.05, 4.69) is 64.5 Å². The topological polar surface area (TPSA) is 157 Å². The molecule has 13 nitrogen and oxygen atoms in total. The van der Waals surface area contributed by atoms with Crippen molar-refractivity contribution in [3.05, 3.63) is 167 Å². The Kier molecular flexibility index (Phi) is 12.3. The standard InChI is InChI=1S/C55H56N6O7/c1-3-56-50(62)45-30-61(31-49(45)59(2)55(67)68-32-46-39-20-12-10-18-37(39)38-19-11-13-21-40(38)46)54(66)36-24-22-35(23-25-36)53(65)60-28-43(51(63)57-47-26-41(47)33-14-6-4-7-15-33)44(29-60)52(64)58-48-27-42(48)34-16-8-5-9-17-34/h4-25,41-49H,3,26-32H2,1-2H3,(H,56,62)(H,57,63)(H,58,64)/t41-,42-,43-,44-,45-,47+,48+,49-/m1/s1. The average Bonchev–Trinajstić information content (AvgIpc) is 4.16. The molecule has 5 aromatic rings. The molecule has 2 heterocycles. The van der Waals surface area contributed by atoms with Crippen molar-refractivity contribution in [3.63, 3.8) is 0 Å². The van der Waals surface area contributed by atoms with Gasteiger partial charge < -0.3 is 35.4 Å². The maximum atomic E-state index is 14.2. The summed E-state index contributed by atoms with van der Waals surface area (Å²) in [7, 11) is 1.60. The van der Waals surface area contributed by atoms with Gasteiger partial charge in [0.25, 0.3) is 11.8 Å². The van der Waals surface area contributed by atoms with Crippen molar-refractivity contribution in [2.75, 3.05) is 46.4 Å². The Balaban J connectivity index is 0.794. The zero-order chi connectivity index (χ0) is 47.1. The van der Waals surface area contributed by atoms with E-state index < -0.39 is 29.9 Å². The van der Waals surface area contributed by atoms with E-state index in [-0.39, 0.29) is 92.2 Å². The molecule has 0 bridgehead atoms. The van der Waals surface area contributed by atoms with E-state index in [0.717, 1.165) is 46.2 Å². The van der Waals surface area contributed by atoms with E-state index in [0.29, 0.717) is 17.7 Å². The van der Waals surface area contributed by atoms with Gasteiger partial charge in [0.15, 0.2) is 0 Å². The first-order valence-electron chi connectivity index (χ1n) is 23.8. The van der Waals surface area contributed by atoms with Crippen LogP contribution in [0.15, 0.2) is 133 Å². The normalized spacial score (nSPS) is 24.3. The lowest BCUT2D eigenvalue weighted by Crippen LogP contribution is -2.47. The first kappa shape index (κ1) is 44.6. The number of hydrogen-bond acceptors (Lipinski definition) is 7. The number of likely N-dealkylation sites (N-methyl/N-ethyl adjacent to an activating group) is 1. The van der Waals surface area contributed by atoms with Gasteiger partial charge in [-0.05, 0) is 77.4 Å². The summed E-state index contributed by atoms with van der Waals surface area (Å²) in [4.78, 5) is 87.9. The Bertz CT molecular complexity index is 2610. The third-order valence-corrected chi connectivity index (χ3v) is 14.7. The third kappa shape index (κ3) is 8.85. The fourth-order valence-electron chi connectivity index (χ4n) is 10.8. The summed E-state index contributed by atoms with van der Waals surface area (Å²) in [5.74, 6) is -3.33. The van der Waals surface area contributed by atoms with Crippen LogP contribution in [0.1, 0.15) is 80.5 Å². The minimum atomic E-state index is -0.738. The lowest BCUT2D eigenvalue weighted by Gasteiger charge is -2.28. The monoisotopic (exact) mass is 912 g/mol. The number of rotatable bonds is 13. The van der Waals surface area contributed by atoms with Gasteiger partial charge in [-0.2, -0.15) is 0 Å². The number of ether oxygens (including phenoxy) is 1. The van der Waals surface area contributed by atoms with E-state index in [4.69, 9.17) is 4.74 Å². The maximum Gasteiger partial charge on any atom is 0.409 e. The van der Waals surface area contributed by atoms with Gasteiger partial charge in [0, 0.05) is 80.7 Å². The first-order chi connectivity index (χ1) is 33.1. The third-order valence-electron chi connectivity index (χ3n) is 14.7. The molecule has 0 aromatic heterocycles. The van der Waals surface area contributed by atoms with Crippen LogP contribution in [0, 0.1) is 17.8 Å². The smallest absolute Gasteiger partial charge is 0.409 e. The molecular weight excluding hydrogens is 857 g/mol. The first-order valence-corrected chi connectivity index (χ1v) is 23.8. The molecule has 0 unspecified atom stereocenters. The van der Waals surface area contributed by atoms with Gasteiger partial charge in [-0.3, -0.25) is 24.0 Å². The van der Waals surface area contributed by atoms with E-state index in [1.54, 1.807) is 41.1 Å². The number of fused-ring (bicyclic) bond motifs is 3. The molecule has 2 saturated heterocycles. The van der Waals surface area contributed by atoms with Crippen molar-refractivity contribution >= 4 is 35.6 Å². The zero-order valence-corrected chi connectivity index (χ0v) is 38.3.